The van der Waals surface area contributed by atoms with Gasteiger partial charge in [0.2, 0.25) is 0 Å². The summed E-state index contributed by atoms with van der Waals surface area (Å²) in [5.41, 5.74) is 2.72. The lowest BCUT2D eigenvalue weighted by Crippen LogP contribution is -2.40. The Hall–Kier alpha value is -4.59. The number of methoxy groups -OCH3 is 1. The molecule has 1 aromatic heterocycles. The topological polar surface area (TPSA) is 103 Å². The number of rotatable bonds is 9. The van der Waals surface area contributed by atoms with Gasteiger partial charge in [0.05, 0.1) is 35.6 Å². The number of carbonyl (C=O) groups is 1. The third-order valence-corrected chi connectivity index (χ3v) is 8.31. The van der Waals surface area contributed by atoms with Crippen molar-refractivity contribution in [3.63, 3.8) is 0 Å². The second-order valence-corrected chi connectivity index (χ2v) is 11.0. The summed E-state index contributed by atoms with van der Waals surface area (Å²) in [5, 5.41) is 8.86. The molecule has 1 aliphatic rings. The number of nitrogens with zero attached hydrogens (tertiary/aromatic N) is 3. The molecule has 8 nitrogen and oxygen atoms in total. The first-order valence-electron chi connectivity index (χ1n) is 13.1. The highest BCUT2D eigenvalue weighted by Gasteiger charge is 2.35. The number of esters is 1. The molecule has 212 valence electrons. The van der Waals surface area contributed by atoms with Gasteiger partial charge >= 0.3 is 5.97 Å². The van der Waals surface area contributed by atoms with Crippen LogP contribution in [0.5, 0.6) is 11.5 Å². The van der Waals surface area contributed by atoms with E-state index in [2.05, 4.69) is 0 Å². The van der Waals surface area contributed by atoms with Gasteiger partial charge in [-0.25, -0.2) is 9.79 Å². The number of fused-ring (bicyclic) bond motifs is 1. The molecule has 0 saturated heterocycles. The highest BCUT2D eigenvalue weighted by atomic mass is 32.2. The van der Waals surface area contributed by atoms with Gasteiger partial charge < -0.3 is 14.2 Å². The van der Waals surface area contributed by atoms with E-state index >= 15 is 0 Å². The molecule has 0 unspecified atom stereocenters. The summed E-state index contributed by atoms with van der Waals surface area (Å²) in [6.07, 6.45) is 3.75. The first-order chi connectivity index (χ1) is 20.5. The quantitative estimate of drug-likeness (QED) is 0.206. The standard InChI is InChI=1S/C32H27N3O5S2/c1-4-39-31(37)27-28(21-8-6-5-7-9-21)34-32-35(29(27)22-11-13-23(41-3)14-12-22)30(36)26(42-32)19-20-10-15-24(40-17-16-33)25(18-20)38-2/h5-15,18-19,29H,4,17H2,1-3H3/b26-19-/t29-/m1/s1. The molecule has 2 heterocycles. The Morgan fingerprint density at radius 3 is 2.55 bits per heavy atom. The average molecular weight is 598 g/mol. The zero-order valence-corrected chi connectivity index (χ0v) is 24.8. The second kappa shape index (κ2) is 12.9. The Morgan fingerprint density at radius 1 is 1.12 bits per heavy atom. The summed E-state index contributed by atoms with van der Waals surface area (Å²) in [6.45, 7) is 1.82. The molecule has 0 radical (unpaired) electrons. The van der Waals surface area contributed by atoms with Gasteiger partial charge in [-0.3, -0.25) is 9.36 Å². The number of hydrogen-bond donors (Lipinski definition) is 0. The molecular weight excluding hydrogens is 571 g/mol. The summed E-state index contributed by atoms with van der Waals surface area (Å²) in [6, 6.07) is 23.7. The van der Waals surface area contributed by atoms with Crippen LogP contribution in [-0.4, -0.2) is 37.1 Å². The number of thioether (sulfide) groups is 1. The fourth-order valence-corrected chi connectivity index (χ4v) is 6.11. The van der Waals surface area contributed by atoms with Crippen molar-refractivity contribution in [2.45, 2.75) is 17.9 Å². The maximum Gasteiger partial charge on any atom is 0.338 e. The molecule has 42 heavy (non-hydrogen) atoms. The van der Waals surface area contributed by atoms with E-state index in [1.54, 1.807) is 47.5 Å². The Bertz CT molecular complexity index is 1870. The lowest BCUT2D eigenvalue weighted by molar-refractivity contribution is -0.138. The van der Waals surface area contributed by atoms with Crippen LogP contribution >= 0.6 is 23.1 Å². The summed E-state index contributed by atoms with van der Waals surface area (Å²) in [5.74, 6) is 0.346. The van der Waals surface area contributed by atoms with Crippen LogP contribution in [0.4, 0.5) is 0 Å². The predicted octanol–water partition coefficient (Wildman–Crippen LogP) is 4.57. The van der Waals surface area contributed by atoms with Crippen LogP contribution in [0.3, 0.4) is 0 Å². The summed E-state index contributed by atoms with van der Waals surface area (Å²) >= 11 is 2.85. The predicted molar refractivity (Wildman–Crippen MR) is 163 cm³/mol. The molecule has 4 aromatic rings. The molecule has 0 amide bonds. The lowest BCUT2D eigenvalue weighted by atomic mass is 9.93. The van der Waals surface area contributed by atoms with E-state index in [4.69, 9.17) is 24.5 Å². The first kappa shape index (κ1) is 28.9. The maximum absolute atomic E-state index is 14.1. The Morgan fingerprint density at radius 2 is 1.88 bits per heavy atom. The number of ether oxygens (including phenoxy) is 3. The van der Waals surface area contributed by atoms with Crippen molar-refractivity contribution >= 4 is 40.8 Å². The van der Waals surface area contributed by atoms with Crippen molar-refractivity contribution in [2.75, 3.05) is 26.6 Å². The van der Waals surface area contributed by atoms with Crippen molar-refractivity contribution in [3.05, 3.63) is 115 Å². The molecule has 0 aliphatic carbocycles. The summed E-state index contributed by atoms with van der Waals surface area (Å²) in [4.78, 5) is 34.1. The van der Waals surface area contributed by atoms with Crippen LogP contribution in [0.15, 0.2) is 93.1 Å². The smallest absolute Gasteiger partial charge is 0.338 e. The monoisotopic (exact) mass is 597 g/mol. The van der Waals surface area contributed by atoms with Crippen molar-refractivity contribution in [1.82, 2.24) is 4.57 Å². The van der Waals surface area contributed by atoms with E-state index in [1.165, 1.54) is 18.4 Å². The Balaban J connectivity index is 1.75. The van der Waals surface area contributed by atoms with Gasteiger partial charge in [-0.1, -0.05) is 59.9 Å². The Kier molecular flexibility index (Phi) is 8.91. The average Bonchev–Trinajstić information content (AvgIpc) is 3.34. The second-order valence-electron chi connectivity index (χ2n) is 9.06. The maximum atomic E-state index is 14.1. The van der Waals surface area contributed by atoms with E-state index < -0.39 is 12.0 Å². The number of hydrogen-bond acceptors (Lipinski definition) is 9. The number of nitriles is 1. The van der Waals surface area contributed by atoms with Crippen LogP contribution in [0.25, 0.3) is 11.8 Å². The van der Waals surface area contributed by atoms with Gasteiger partial charge in [0.1, 0.15) is 6.07 Å². The van der Waals surface area contributed by atoms with E-state index in [0.29, 0.717) is 37.7 Å². The number of benzene rings is 3. The normalized spacial score (nSPS) is 14.5. The van der Waals surface area contributed by atoms with Gasteiger partial charge in [0.15, 0.2) is 22.9 Å². The van der Waals surface area contributed by atoms with Crippen LogP contribution < -0.4 is 24.4 Å². The molecular formula is C32H27N3O5S2. The van der Waals surface area contributed by atoms with E-state index in [0.717, 1.165) is 16.0 Å². The minimum atomic E-state index is -0.746. The lowest BCUT2D eigenvalue weighted by Gasteiger charge is -2.26. The van der Waals surface area contributed by atoms with Crippen molar-refractivity contribution in [2.24, 2.45) is 4.99 Å². The van der Waals surface area contributed by atoms with E-state index in [9.17, 15) is 9.59 Å². The molecule has 0 N–H and O–H groups in total. The molecule has 1 aliphatic heterocycles. The van der Waals surface area contributed by atoms with Crippen LogP contribution in [-0.2, 0) is 9.53 Å². The highest BCUT2D eigenvalue weighted by Crippen LogP contribution is 2.36. The SMILES string of the molecule is CCOC(=O)C1=C(c2ccccc2)N=c2s/c(=C\c3ccc(OCC#N)c(OC)c3)c(=O)n2[C@@H]1c1ccc(SC)cc1. The molecule has 3 aromatic carbocycles. The fourth-order valence-electron chi connectivity index (χ4n) is 4.70. The zero-order chi connectivity index (χ0) is 29.6. The molecule has 0 spiro atoms. The zero-order valence-electron chi connectivity index (χ0n) is 23.2. The number of aromatic nitrogens is 1. The molecule has 0 fully saturated rings. The van der Waals surface area contributed by atoms with E-state index in [1.807, 2.05) is 66.9 Å². The summed E-state index contributed by atoms with van der Waals surface area (Å²) in [7, 11) is 1.51. The van der Waals surface area contributed by atoms with Crippen LogP contribution in [0, 0.1) is 11.3 Å². The largest absolute Gasteiger partial charge is 0.493 e. The van der Waals surface area contributed by atoms with Crippen molar-refractivity contribution in [3.8, 4) is 17.6 Å². The van der Waals surface area contributed by atoms with Crippen molar-refractivity contribution in [1.29, 1.82) is 5.26 Å². The Labute approximate surface area is 250 Å². The fraction of sp³-hybridized carbons (Fsp3) is 0.188. The number of carbonyl (C=O) groups excluding carboxylic acids is 1. The van der Waals surface area contributed by atoms with Crippen LogP contribution in [0.1, 0.15) is 29.7 Å². The van der Waals surface area contributed by atoms with Gasteiger partial charge in [0, 0.05) is 10.5 Å². The molecule has 1 atom stereocenters. The molecule has 0 bridgehead atoms. The van der Waals surface area contributed by atoms with Gasteiger partial charge in [-0.15, -0.1) is 11.8 Å². The highest BCUT2D eigenvalue weighted by molar-refractivity contribution is 7.98. The van der Waals surface area contributed by atoms with Gasteiger partial charge in [-0.2, -0.15) is 5.26 Å². The van der Waals surface area contributed by atoms with Gasteiger partial charge in [-0.05, 0) is 54.6 Å². The van der Waals surface area contributed by atoms with Crippen molar-refractivity contribution < 1.29 is 19.0 Å². The third-order valence-electron chi connectivity index (χ3n) is 6.58. The molecule has 0 saturated carbocycles. The minimum absolute atomic E-state index is 0.112. The minimum Gasteiger partial charge on any atom is -0.493 e. The third kappa shape index (κ3) is 5.75. The van der Waals surface area contributed by atoms with Gasteiger partial charge in [0.25, 0.3) is 5.56 Å². The van der Waals surface area contributed by atoms with E-state index in [-0.39, 0.29) is 18.8 Å². The molecule has 5 rings (SSSR count). The first-order valence-corrected chi connectivity index (χ1v) is 15.1. The summed E-state index contributed by atoms with van der Waals surface area (Å²) < 4.78 is 18.4. The van der Waals surface area contributed by atoms with Crippen LogP contribution in [0.2, 0.25) is 0 Å². The number of thiazole rings is 1. The molecule has 10 heteroatoms.